The molecule has 176 valence electrons. The third-order valence-electron chi connectivity index (χ3n) is 6.67. The van der Waals surface area contributed by atoms with E-state index in [-0.39, 0.29) is 24.6 Å². The zero-order valence-electron chi connectivity index (χ0n) is 19.4. The topological polar surface area (TPSA) is 67.9 Å². The number of carbonyl (C=O) groups is 2. The molecule has 0 aromatic heterocycles. The van der Waals surface area contributed by atoms with Crippen LogP contribution < -0.4 is 14.8 Å². The maximum atomic E-state index is 13.3. The smallest absolute Gasteiger partial charge is 0.242 e. The lowest BCUT2D eigenvalue weighted by Gasteiger charge is -2.31. The van der Waals surface area contributed by atoms with Gasteiger partial charge >= 0.3 is 0 Å². The first-order chi connectivity index (χ1) is 16.1. The van der Waals surface area contributed by atoms with Crippen LogP contribution in [0.25, 0.3) is 0 Å². The molecule has 1 aliphatic heterocycles. The molecule has 0 bridgehead atoms. The standard InChI is InChI=1S/C27H34N2O4/c1-20(27(31)28-23-10-6-3-7-11-23)29(17-16-21-8-4-2-5-9-21)26(30)15-13-22-12-14-24-25(18-22)33-19-32-24/h2,4-5,8-9,12,14,18,20,23H,3,6-7,10-11,13,15-17,19H2,1H3,(H,28,31)/t20-/m0/s1. The van der Waals surface area contributed by atoms with Gasteiger partial charge in [-0.3, -0.25) is 9.59 Å². The minimum Gasteiger partial charge on any atom is -0.454 e. The number of amides is 2. The molecule has 6 nitrogen and oxygen atoms in total. The molecule has 2 aliphatic rings. The number of nitrogens with one attached hydrogen (secondary N) is 1. The Morgan fingerprint density at radius 3 is 2.52 bits per heavy atom. The normalized spacial score (nSPS) is 16.3. The summed E-state index contributed by atoms with van der Waals surface area (Å²) in [5, 5.41) is 3.19. The van der Waals surface area contributed by atoms with Gasteiger partial charge in [0.2, 0.25) is 18.6 Å². The van der Waals surface area contributed by atoms with Crippen LogP contribution in [-0.2, 0) is 22.4 Å². The molecule has 2 aromatic carbocycles. The molecule has 1 heterocycles. The van der Waals surface area contributed by atoms with Gasteiger partial charge in [-0.15, -0.1) is 0 Å². The van der Waals surface area contributed by atoms with Crippen molar-refractivity contribution in [2.75, 3.05) is 13.3 Å². The number of rotatable bonds is 9. The average Bonchev–Trinajstić information content (AvgIpc) is 3.32. The van der Waals surface area contributed by atoms with E-state index < -0.39 is 6.04 Å². The SMILES string of the molecule is C[C@@H](C(=O)NC1CCCCC1)N(CCc1ccccc1)C(=O)CCc1ccc2c(c1)OCO2. The summed E-state index contributed by atoms with van der Waals surface area (Å²) in [6.45, 7) is 2.60. The molecule has 1 atom stereocenters. The van der Waals surface area contributed by atoms with Crippen molar-refractivity contribution in [1.82, 2.24) is 10.2 Å². The Bertz CT molecular complexity index is 940. The van der Waals surface area contributed by atoms with Crippen LogP contribution in [0.4, 0.5) is 0 Å². The minimum atomic E-state index is -0.500. The highest BCUT2D eigenvalue weighted by Crippen LogP contribution is 2.32. The van der Waals surface area contributed by atoms with Gasteiger partial charge in [-0.05, 0) is 55.9 Å². The number of benzene rings is 2. The number of hydrogen-bond donors (Lipinski definition) is 1. The Morgan fingerprint density at radius 1 is 0.970 bits per heavy atom. The number of carbonyl (C=O) groups excluding carboxylic acids is 2. The number of aryl methyl sites for hydroxylation is 1. The number of fused-ring (bicyclic) bond motifs is 1. The third-order valence-corrected chi connectivity index (χ3v) is 6.67. The van der Waals surface area contributed by atoms with Crippen LogP contribution in [0.5, 0.6) is 11.5 Å². The molecule has 1 aliphatic carbocycles. The Hall–Kier alpha value is -3.02. The molecule has 4 rings (SSSR count). The Balaban J connectivity index is 1.40. The zero-order valence-corrected chi connectivity index (χ0v) is 19.4. The molecule has 2 aromatic rings. The maximum absolute atomic E-state index is 13.3. The van der Waals surface area contributed by atoms with Crippen LogP contribution in [-0.4, -0.2) is 42.1 Å². The van der Waals surface area contributed by atoms with Gasteiger partial charge in [-0.2, -0.15) is 0 Å². The van der Waals surface area contributed by atoms with Crippen molar-refractivity contribution in [3.8, 4) is 11.5 Å². The van der Waals surface area contributed by atoms with E-state index in [9.17, 15) is 9.59 Å². The first-order valence-electron chi connectivity index (χ1n) is 12.1. The summed E-state index contributed by atoms with van der Waals surface area (Å²) in [7, 11) is 0. The lowest BCUT2D eigenvalue weighted by atomic mass is 9.95. The molecule has 1 N–H and O–H groups in total. The quantitative estimate of drug-likeness (QED) is 0.620. The van der Waals surface area contributed by atoms with Gasteiger partial charge < -0.3 is 19.7 Å². The van der Waals surface area contributed by atoms with Crippen LogP contribution in [0.15, 0.2) is 48.5 Å². The Labute approximate surface area is 196 Å². The molecule has 2 amide bonds. The third kappa shape index (κ3) is 6.28. The molecule has 0 unspecified atom stereocenters. The lowest BCUT2D eigenvalue weighted by Crippen LogP contribution is -2.51. The first-order valence-corrected chi connectivity index (χ1v) is 12.1. The lowest BCUT2D eigenvalue weighted by molar-refractivity contribution is -0.140. The molecular weight excluding hydrogens is 416 g/mol. The summed E-state index contributed by atoms with van der Waals surface area (Å²) in [5.74, 6) is 1.41. The van der Waals surface area contributed by atoms with Gasteiger partial charge in [0.15, 0.2) is 11.5 Å². The maximum Gasteiger partial charge on any atom is 0.242 e. The fraction of sp³-hybridized carbons (Fsp3) is 0.481. The van der Waals surface area contributed by atoms with Gasteiger partial charge in [0.25, 0.3) is 0 Å². The molecule has 1 fully saturated rings. The van der Waals surface area contributed by atoms with Crippen molar-refractivity contribution in [2.45, 2.75) is 70.4 Å². The fourth-order valence-electron chi connectivity index (χ4n) is 4.63. The predicted molar refractivity (Wildman–Crippen MR) is 127 cm³/mol. The molecule has 0 spiro atoms. The largest absolute Gasteiger partial charge is 0.454 e. The van der Waals surface area contributed by atoms with E-state index in [1.54, 1.807) is 4.90 Å². The van der Waals surface area contributed by atoms with Gasteiger partial charge in [0.1, 0.15) is 6.04 Å². The number of hydrogen-bond acceptors (Lipinski definition) is 4. The van der Waals surface area contributed by atoms with Crippen molar-refractivity contribution >= 4 is 11.8 Å². The van der Waals surface area contributed by atoms with E-state index in [0.29, 0.717) is 19.4 Å². The summed E-state index contributed by atoms with van der Waals surface area (Å²) in [5.41, 5.74) is 2.18. The summed E-state index contributed by atoms with van der Waals surface area (Å²) in [6, 6.07) is 15.6. The van der Waals surface area contributed by atoms with Crippen molar-refractivity contribution < 1.29 is 19.1 Å². The molecule has 1 saturated carbocycles. The number of nitrogens with zero attached hydrogens (tertiary/aromatic N) is 1. The monoisotopic (exact) mass is 450 g/mol. The van der Waals surface area contributed by atoms with Crippen LogP contribution in [0.3, 0.4) is 0 Å². The molecular formula is C27H34N2O4. The van der Waals surface area contributed by atoms with Gasteiger partial charge in [-0.25, -0.2) is 0 Å². The highest BCUT2D eigenvalue weighted by molar-refractivity contribution is 5.87. The van der Waals surface area contributed by atoms with E-state index in [0.717, 1.165) is 54.7 Å². The Morgan fingerprint density at radius 2 is 1.73 bits per heavy atom. The van der Waals surface area contributed by atoms with Crippen LogP contribution >= 0.6 is 0 Å². The molecule has 6 heteroatoms. The highest BCUT2D eigenvalue weighted by atomic mass is 16.7. The van der Waals surface area contributed by atoms with Crippen molar-refractivity contribution in [3.63, 3.8) is 0 Å². The first kappa shape index (κ1) is 23.1. The fourth-order valence-corrected chi connectivity index (χ4v) is 4.63. The van der Waals surface area contributed by atoms with E-state index in [4.69, 9.17) is 9.47 Å². The summed E-state index contributed by atoms with van der Waals surface area (Å²) >= 11 is 0. The second-order valence-electron chi connectivity index (χ2n) is 9.03. The van der Waals surface area contributed by atoms with E-state index in [1.807, 2.05) is 43.3 Å². The minimum absolute atomic E-state index is 0.00473. The highest BCUT2D eigenvalue weighted by Gasteiger charge is 2.27. The second-order valence-corrected chi connectivity index (χ2v) is 9.03. The van der Waals surface area contributed by atoms with Gasteiger partial charge in [-0.1, -0.05) is 55.7 Å². The van der Waals surface area contributed by atoms with Crippen molar-refractivity contribution in [2.24, 2.45) is 0 Å². The second kappa shape index (κ2) is 11.2. The molecule has 0 radical (unpaired) electrons. The van der Waals surface area contributed by atoms with Crippen molar-refractivity contribution in [3.05, 3.63) is 59.7 Å². The zero-order chi connectivity index (χ0) is 23.0. The molecule has 0 saturated heterocycles. The van der Waals surface area contributed by atoms with Crippen molar-refractivity contribution in [1.29, 1.82) is 0 Å². The average molecular weight is 451 g/mol. The van der Waals surface area contributed by atoms with Gasteiger partial charge in [0.05, 0.1) is 0 Å². The Kier molecular flexibility index (Phi) is 7.87. The predicted octanol–water partition coefficient (Wildman–Crippen LogP) is 4.26. The summed E-state index contributed by atoms with van der Waals surface area (Å²) in [4.78, 5) is 28.1. The van der Waals surface area contributed by atoms with E-state index in [1.165, 1.54) is 6.42 Å². The van der Waals surface area contributed by atoms with Gasteiger partial charge in [0, 0.05) is 19.0 Å². The summed E-state index contributed by atoms with van der Waals surface area (Å²) < 4.78 is 10.8. The summed E-state index contributed by atoms with van der Waals surface area (Å²) in [6.07, 6.45) is 7.27. The van der Waals surface area contributed by atoms with E-state index >= 15 is 0 Å². The van der Waals surface area contributed by atoms with Crippen LogP contribution in [0.1, 0.15) is 56.6 Å². The van der Waals surface area contributed by atoms with Crippen LogP contribution in [0, 0.1) is 0 Å². The van der Waals surface area contributed by atoms with E-state index in [2.05, 4.69) is 17.4 Å². The molecule has 33 heavy (non-hydrogen) atoms. The number of ether oxygens (including phenoxy) is 2. The van der Waals surface area contributed by atoms with Crippen LogP contribution in [0.2, 0.25) is 0 Å².